The Morgan fingerprint density at radius 2 is 1.95 bits per heavy atom. The zero-order valence-corrected chi connectivity index (χ0v) is 11.2. The lowest BCUT2D eigenvalue weighted by atomic mass is 10.2. The number of carbonyl (C=O) groups is 1. The summed E-state index contributed by atoms with van der Waals surface area (Å²) in [7, 11) is 0. The van der Waals surface area contributed by atoms with Crippen molar-refractivity contribution in [2.45, 2.75) is 6.10 Å². The number of carbonyl (C=O) groups excluding carboxylic acids is 1. The monoisotopic (exact) mass is 286 g/mol. The number of pyridine rings is 1. The van der Waals surface area contributed by atoms with Crippen molar-refractivity contribution in [1.82, 2.24) is 5.32 Å². The first-order valence-corrected chi connectivity index (χ1v) is 6.58. The highest BCUT2D eigenvalue weighted by atomic mass is 16.6. The minimum absolute atomic E-state index is 0.239. The molecule has 2 heterocycles. The Hall–Kier alpha value is -2.76. The highest BCUT2D eigenvalue weighted by molar-refractivity contribution is 5.93. The van der Waals surface area contributed by atoms with Gasteiger partial charge < -0.3 is 20.0 Å². The number of aromatic nitrogens is 1. The summed E-state index contributed by atoms with van der Waals surface area (Å²) < 4.78 is 11.9. The average Bonchev–Trinajstić information content (AvgIpc) is 2.53. The van der Waals surface area contributed by atoms with Crippen LogP contribution in [0.5, 0.6) is 11.5 Å². The van der Waals surface area contributed by atoms with Gasteiger partial charge in [0.1, 0.15) is 12.7 Å². The van der Waals surface area contributed by atoms with E-state index in [4.69, 9.17) is 9.47 Å². The number of amides is 1. The van der Waals surface area contributed by atoms with Crippen molar-refractivity contribution >= 4 is 5.91 Å². The molecule has 1 atom stereocenters. The van der Waals surface area contributed by atoms with E-state index in [1.807, 2.05) is 24.3 Å². The van der Waals surface area contributed by atoms with Crippen molar-refractivity contribution < 1.29 is 19.0 Å². The van der Waals surface area contributed by atoms with Crippen LogP contribution in [0.4, 0.5) is 0 Å². The van der Waals surface area contributed by atoms with Gasteiger partial charge in [-0.15, -0.1) is 0 Å². The standard InChI is InChI=1S/C15H14N2O4/c18-15(11-5-7-17(19)8-6-11)16-9-12-10-20-13-3-1-2-4-14(13)21-12/h1-8,12H,9-10H2,(H,16,18). The van der Waals surface area contributed by atoms with E-state index in [2.05, 4.69) is 5.32 Å². The minimum Gasteiger partial charge on any atom is -0.619 e. The number of rotatable bonds is 3. The van der Waals surface area contributed by atoms with Crippen LogP contribution in [0.25, 0.3) is 0 Å². The van der Waals surface area contributed by atoms with Crippen molar-refractivity contribution in [2.24, 2.45) is 0 Å². The molecule has 1 aliphatic heterocycles. The first-order valence-electron chi connectivity index (χ1n) is 6.58. The summed E-state index contributed by atoms with van der Waals surface area (Å²) in [5, 5.41) is 13.7. The molecule has 3 rings (SSSR count). The number of hydrogen-bond acceptors (Lipinski definition) is 4. The van der Waals surface area contributed by atoms with Crippen molar-refractivity contribution in [3.05, 3.63) is 59.6 Å². The third-order valence-electron chi connectivity index (χ3n) is 3.12. The summed E-state index contributed by atoms with van der Waals surface area (Å²) in [6.45, 7) is 0.714. The third kappa shape index (κ3) is 3.05. The quantitative estimate of drug-likeness (QED) is 0.671. The lowest BCUT2D eigenvalue weighted by Gasteiger charge is -2.26. The van der Waals surface area contributed by atoms with Gasteiger partial charge in [-0.1, -0.05) is 12.1 Å². The average molecular weight is 286 g/mol. The SMILES string of the molecule is O=C(NCC1COc2ccccc2O1)c1cc[n+]([O-])cc1. The Balaban J connectivity index is 1.56. The first kappa shape index (κ1) is 13.2. The molecular formula is C15H14N2O4. The molecule has 0 bridgehead atoms. The van der Waals surface area contributed by atoms with Crippen LogP contribution >= 0.6 is 0 Å². The Bertz CT molecular complexity index is 642. The van der Waals surface area contributed by atoms with Gasteiger partial charge in [0.15, 0.2) is 23.9 Å². The van der Waals surface area contributed by atoms with Crippen LogP contribution in [-0.4, -0.2) is 25.2 Å². The van der Waals surface area contributed by atoms with E-state index in [9.17, 15) is 10.0 Å². The summed E-state index contributed by atoms with van der Waals surface area (Å²) in [4.78, 5) is 11.9. The van der Waals surface area contributed by atoms with Gasteiger partial charge >= 0.3 is 0 Å². The van der Waals surface area contributed by atoms with Crippen LogP contribution in [0, 0.1) is 5.21 Å². The minimum atomic E-state index is -0.252. The third-order valence-corrected chi connectivity index (χ3v) is 3.12. The second-order valence-corrected chi connectivity index (χ2v) is 4.65. The topological polar surface area (TPSA) is 74.5 Å². The zero-order chi connectivity index (χ0) is 14.7. The van der Waals surface area contributed by atoms with Gasteiger partial charge in [-0.25, -0.2) is 0 Å². The molecular weight excluding hydrogens is 272 g/mol. The maximum atomic E-state index is 11.9. The van der Waals surface area contributed by atoms with Crippen molar-refractivity contribution in [1.29, 1.82) is 0 Å². The predicted molar refractivity (Wildman–Crippen MR) is 74.1 cm³/mol. The highest BCUT2D eigenvalue weighted by Gasteiger charge is 2.21. The smallest absolute Gasteiger partial charge is 0.251 e. The predicted octanol–water partition coefficient (Wildman–Crippen LogP) is 0.890. The number of fused-ring (bicyclic) bond motifs is 1. The normalized spacial score (nSPS) is 16.3. The number of nitrogens with one attached hydrogen (secondary N) is 1. The fourth-order valence-corrected chi connectivity index (χ4v) is 2.04. The summed E-state index contributed by atoms with van der Waals surface area (Å²) in [6, 6.07) is 10.3. The largest absolute Gasteiger partial charge is 0.619 e. The first-order chi connectivity index (χ1) is 10.2. The highest BCUT2D eigenvalue weighted by Crippen LogP contribution is 2.30. The molecule has 1 aliphatic rings. The zero-order valence-electron chi connectivity index (χ0n) is 11.2. The van der Waals surface area contributed by atoms with E-state index in [1.165, 1.54) is 24.5 Å². The molecule has 6 nitrogen and oxygen atoms in total. The molecule has 0 saturated carbocycles. The molecule has 1 aromatic heterocycles. The van der Waals surface area contributed by atoms with Gasteiger partial charge in [0, 0.05) is 12.1 Å². The van der Waals surface area contributed by atoms with E-state index in [-0.39, 0.29) is 12.0 Å². The van der Waals surface area contributed by atoms with Gasteiger partial charge in [-0.2, -0.15) is 4.73 Å². The fourth-order valence-electron chi connectivity index (χ4n) is 2.04. The Morgan fingerprint density at radius 3 is 2.71 bits per heavy atom. The maximum Gasteiger partial charge on any atom is 0.251 e. The van der Waals surface area contributed by atoms with Crippen LogP contribution < -0.4 is 19.5 Å². The van der Waals surface area contributed by atoms with Gasteiger partial charge in [0.2, 0.25) is 0 Å². The number of nitrogens with zero attached hydrogens (tertiary/aromatic N) is 1. The van der Waals surface area contributed by atoms with Crippen LogP contribution in [0.3, 0.4) is 0 Å². The Kier molecular flexibility index (Phi) is 3.59. The Morgan fingerprint density at radius 1 is 1.24 bits per heavy atom. The fraction of sp³-hybridized carbons (Fsp3) is 0.200. The second kappa shape index (κ2) is 5.70. The van der Waals surface area contributed by atoms with Gasteiger partial charge in [-0.05, 0) is 12.1 Å². The molecule has 1 aromatic carbocycles. The molecule has 0 radical (unpaired) electrons. The molecule has 1 N–H and O–H groups in total. The summed E-state index contributed by atoms with van der Waals surface area (Å²) >= 11 is 0. The molecule has 0 saturated heterocycles. The van der Waals surface area contributed by atoms with Crippen LogP contribution in [-0.2, 0) is 0 Å². The lowest BCUT2D eigenvalue weighted by molar-refractivity contribution is -0.605. The number of benzene rings is 1. The van der Waals surface area contributed by atoms with Crippen LogP contribution in [0.2, 0.25) is 0 Å². The summed E-state index contributed by atoms with van der Waals surface area (Å²) in [5.41, 5.74) is 0.430. The van der Waals surface area contributed by atoms with Gasteiger partial charge in [-0.3, -0.25) is 4.79 Å². The molecule has 0 aliphatic carbocycles. The number of hydrogen-bond donors (Lipinski definition) is 1. The molecule has 1 amide bonds. The molecule has 108 valence electrons. The van der Waals surface area contributed by atoms with E-state index in [0.29, 0.717) is 34.9 Å². The molecule has 0 fully saturated rings. The Labute approximate surface area is 121 Å². The van der Waals surface area contributed by atoms with Crippen molar-refractivity contribution in [3.63, 3.8) is 0 Å². The molecule has 2 aromatic rings. The van der Waals surface area contributed by atoms with E-state index >= 15 is 0 Å². The van der Waals surface area contributed by atoms with E-state index < -0.39 is 0 Å². The van der Waals surface area contributed by atoms with Gasteiger partial charge in [0.25, 0.3) is 5.91 Å². The van der Waals surface area contributed by atoms with Crippen molar-refractivity contribution in [3.8, 4) is 11.5 Å². The van der Waals surface area contributed by atoms with Crippen molar-refractivity contribution in [2.75, 3.05) is 13.2 Å². The lowest BCUT2D eigenvalue weighted by Crippen LogP contribution is -2.40. The molecule has 6 heteroatoms. The summed E-state index contributed by atoms with van der Waals surface area (Å²) in [5.74, 6) is 1.14. The molecule has 1 unspecified atom stereocenters. The second-order valence-electron chi connectivity index (χ2n) is 4.65. The molecule has 21 heavy (non-hydrogen) atoms. The number of ether oxygens (including phenoxy) is 2. The van der Waals surface area contributed by atoms with E-state index in [1.54, 1.807) is 0 Å². The van der Waals surface area contributed by atoms with Crippen LogP contribution in [0.15, 0.2) is 48.8 Å². The molecule has 0 spiro atoms. The summed E-state index contributed by atoms with van der Waals surface area (Å²) in [6.07, 6.45) is 2.33. The maximum absolute atomic E-state index is 11.9. The van der Waals surface area contributed by atoms with Crippen LogP contribution in [0.1, 0.15) is 10.4 Å². The van der Waals surface area contributed by atoms with E-state index in [0.717, 1.165) is 0 Å². The number of para-hydroxylation sites is 2. The van der Waals surface area contributed by atoms with Gasteiger partial charge in [0.05, 0.1) is 12.1 Å².